The van der Waals surface area contributed by atoms with Crippen molar-refractivity contribution >= 4 is 11.3 Å². The summed E-state index contributed by atoms with van der Waals surface area (Å²) in [5, 5.41) is 5.78. The molecule has 15 heavy (non-hydrogen) atoms. The lowest BCUT2D eigenvalue weighted by Gasteiger charge is -2.26. The van der Waals surface area contributed by atoms with Crippen LogP contribution in [-0.4, -0.2) is 6.54 Å². The second-order valence-corrected chi connectivity index (χ2v) is 6.29. The second kappa shape index (κ2) is 5.13. The standard InChI is InChI=1S/C13H23NS/c1-6-14-11(9-13(3,4)5)12-10(2)7-8-15-12/h7-8,11,14H,6,9H2,1-5H3. The maximum Gasteiger partial charge on any atom is 0.0422 e. The second-order valence-electron chi connectivity index (χ2n) is 5.34. The van der Waals surface area contributed by atoms with E-state index in [1.807, 2.05) is 11.3 Å². The molecule has 1 heterocycles. The highest BCUT2D eigenvalue weighted by Crippen LogP contribution is 2.33. The summed E-state index contributed by atoms with van der Waals surface area (Å²) in [6, 6.07) is 2.74. The predicted molar refractivity (Wildman–Crippen MR) is 69.5 cm³/mol. The topological polar surface area (TPSA) is 12.0 Å². The van der Waals surface area contributed by atoms with E-state index in [1.54, 1.807) is 0 Å². The minimum Gasteiger partial charge on any atom is -0.309 e. The molecule has 1 nitrogen and oxygen atoms in total. The summed E-state index contributed by atoms with van der Waals surface area (Å²) in [4.78, 5) is 1.51. The molecule has 86 valence electrons. The van der Waals surface area contributed by atoms with Crippen molar-refractivity contribution in [2.24, 2.45) is 5.41 Å². The lowest BCUT2D eigenvalue weighted by Crippen LogP contribution is -2.25. The van der Waals surface area contributed by atoms with Crippen LogP contribution >= 0.6 is 11.3 Å². The molecule has 1 unspecified atom stereocenters. The quantitative estimate of drug-likeness (QED) is 0.812. The van der Waals surface area contributed by atoms with Crippen LogP contribution in [0.1, 0.15) is 50.6 Å². The van der Waals surface area contributed by atoms with Gasteiger partial charge in [-0.3, -0.25) is 0 Å². The molecule has 1 rings (SSSR count). The first-order valence-corrected chi connectivity index (χ1v) is 6.59. The van der Waals surface area contributed by atoms with Crippen molar-refractivity contribution in [2.45, 2.75) is 47.1 Å². The van der Waals surface area contributed by atoms with E-state index in [4.69, 9.17) is 0 Å². The molecule has 1 N–H and O–H groups in total. The first kappa shape index (κ1) is 12.7. The zero-order valence-electron chi connectivity index (χ0n) is 10.6. The smallest absolute Gasteiger partial charge is 0.0422 e. The number of hydrogen-bond donors (Lipinski definition) is 1. The van der Waals surface area contributed by atoms with Crippen molar-refractivity contribution in [1.82, 2.24) is 5.32 Å². The molecule has 0 aliphatic heterocycles. The highest BCUT2D eigenvalue weighted by molar-refractivity contribution is 7.10. The van der Waals surface area contributed by atoms with Gasteiger partial charge < -0.3 is 5.32 Å². The Hall–Kier alpha value is -0.340. The van der Waals surface area contributed by atoms with E-state index < -0.39 is 0 Å². The van der Waals surface area contributed by atoms with E-state index in [9.17, 15) is 0 Å². The Morgan fingerprint density at radius 1 is 1.40 bits per heavy atom. The minimum atomic E-state index is 0.378. The minimum absolute atomic E-state index is 0.378. The summed E-state index contributed by atoms with van der Waals surface area (Å²) >= 11 is 1.88. The third-order valence-electron chi connectivity index (χ3n) is 2.49. The zero-order valence-corrected chi connectivity index (χ0v) is 11.4. The van der Waals surface area contributed by atoms with Crippen LogP contribution in [0.4, 0.5) is 0 Å². The molecule has 0 spiro atoms. The fourth-order valence-corrected chi connectivity index (χ4v) is 2.86. The van der Waals surface area contributed by atoms with Crippen molar-refractivity contribution in [3.05, 3.63) is 21.9 Å². The zero-order chi connectivity index (χ0) is 11.5. The summed E-state index contributed by atoms with van der Waals surface area (Å²) in [6.45, 7) is 12.3. The molecule has 0 amide bonds. The summed E-state index contributed by atoms with van der Waals surface area (Å²) in [5.41, 5.74) is 1.80. The van der Waals surface area contributed by atoms with Gasteiger partial charge in [-0.05, 0) is 42.3 Å². The molecule has 1 atom stereocenters. The molecule has 2 heteroatoms. The Bertz CT molecular complexity index is 296. The molecule has 1 aromatic rings. The van der Waals surface area contributed by atoms with Gasteiger partial charge >= 0.3 is 0 Å². The van der Waals surface area contributed by atoms with Crippen molar-refractivity contribution in [3.8, 4) is 0 Å². The third kappa shape index (κ3) is 3.96. The summed E-state index contributed by atoms with van der Waals surface area (Å²) in [6.07, 6.45) is 1.20. The Kier molecular flexibility index (Phi) is 4.35. The fourth-order valence-electron chi connectivity index (χ4n) is 1.86. The summed E-state index contributed by atoms with van der Waals surface area (Å²) in [5.74, 6) is 0. The van der Waals surface area contributed by atoms with Gasteiger partial charge in [0.05, 0.1) is 0 Å². The fraction of sp³-hybridized carbons (Fsp3) is 0.692. The van der Waals surface area contributed by atoms with Crippen molar-refractivity contribution in [3.63, 3.8) is 0 Å². The SMILES string of the molecule is CCNC(CC(C)(C)C)c1sccc1C. The van der Waals surface area contributed by atoms with Crippen molar-refractivity contribution < 1.29 is 0 Å². The third-order valence-corrected chi connectivity index (χ3v) is 3.62. The van der Waals surface area contributed by atoms with Gasteiger partial charge in [-0.15, -0.1) is 11.3 Å². The van der Waals surface area contributed by atoms with Gasteiger partial charge in [-0.25, -0.2) is 0 Å². The molecular formula is C13H23NS. The van der Waals surface area contributed by atoms with Gasteiger partial charge in [0.15, 0.2) is 0 Å². The summed E-state index contributed by atoms with van der Waals surface area (Å²) in [7, 11) is 0. The van der Waals surface area contributed by atoms with Crippen LogP contribution in [0.15, 0.2) is 11.4 Å². The van der Waals surface area contributed by atoms with Crippen LogP contribution in [-0.2, 0) is 0 Å². The number of aryl methyl sites for hydroxylation is 1. The number of hydrogen-bond acceptors (Lipinski definition) is 2. The van der Waals surface area contributed by atoms with Gasteiger partial charge in [0.1, 0.15) is 0 Å². The molecule has 1 aromatic heterocycles. The lowest BCUT2D eigenvalue weighted by molar-refractivity contribution is 0.316. The first-order chi connectivity index (χ1) is 6.94. The maximum atomic E-state index is 3.59. The number of nitrogens with one attached hydrogen (secondary N) is 1. The van der Waals surface area contributed by atoms with Crippen LogP contribution in [0.2, 0.25) is 0 Å². The molecule has 0 aromatic carbocycles. The predicted octanol–water partition coefficient (Wildman–Crippen LogP) is 4.14. The lowest BCUT2D eigenvalue weighted by atomic mass is 9.87. The van der Waals surface area contributed by atoms with E-state index in [0.29, 0.717) is 11.5 Å². The highest BCUT2D eigenvalue weighted by Gasteiger charge is 2.21. The van der Waals surface area contributed by atoms with Crippen LogP contribution in [0.25, 0.3) is 0 Å². The van der Waals surface area contributed by atoms with Crippen molar-refractivity contribution in [2.75, 3.05) is 6.54 Å². The van der Waals surface area contributed by atoms with Crippen LogP contribution in [0, 0.1) is 12.3 Å². The molecule has 0 aliphatic carbocycles. The molecule has 0 bridgehead atoms. The first-order valence-electron chi connectivity index (χ1n) is 5.71. The molecule has 0 saturated heterocycles. The van der Waals surface area contributed by atoms with E-state index in [-0.39, 0.29) is 0 Å². The van der Waals surface area contributed by atoms with Gasteiger partial charge in [-0.2, -0.15) is 0 Å². The normalized spacial score (nSPS) is 14.2. The average molecular weight is 225 g/mol. The number of rotatable bonds is 4. The van der Waals surface area contributed by atoms with Crippen molar-refractivity contribution in [1.29, 1.82) is 0 Å². The molecule has 0 aliphatic rings. The van der Waals surface area contributed by atoms with Crippen LogP contribution in [0.3, 0.4) is 0 Å². The summed E-state index contributed by atoms with van der Waals surface area (Å²) < 4.78 is 0. The van der Waals surface area contributed by atoms with E-state index in [0.717, 1.165) is 6.54 Å². The van der Waals surface area contributed by atoms with Gasteiger partial charge in [-0.1, -0.05) is 27.7 Å². The Balaban J connectivity index is 2.79. The molecule has 0 fully saturated rings. The van der Waals surface area contributed by atoms with E-state index >= 15 is 0 Å². The molecule has 0 saturated carbocycles. The Labute approximate surface area is 97.9 Å². The van der Waals surface area contributed by atoms with Gasteiger partial charge in [0.25, 0.3) is 0 Å². The van der Waals surface area contributed by atoms with Gasteiger partial charge in [0, 0.05) is 10.9 Å². The highest BCUT2D eigenvalue weighted by atomic mass is 32.1. The van der Waals surface area contributed by atoms with Gasteiger partial charge in [0.2, 0.25) is 0 Å². The molecular weight excluding hydrogens is 202 g/mol. The molecule has 0 radical (unpaired) electrons. The monoisotopic (exact) mass is 225 g/mol. The average Bonchev–Trinajstić information content (AvgIpc) is 2.48. The van der Waals surface area contributed by atoms with E-state index in [1.165, 1.54) is 16.9 Å². The largest absolute Gasteiger partial charge is 0.309 e. The van der Waals surface area contributed by atoms with Crippen LogP contribution < -0.4 is 5.32 Å². The Morgan fingerprint density at radius 3 is 2.47 bits per heavy atom. The van der Waals surface area contributed by atoms with E-state index in [2.05, 4.69) is 51.4 Å². The Morgan fingerprint density at radius 2 is 2.07 bits per heavy atom. The number of thiophene rings is 1. The maximum absolute atomic E-state index is 3.59. The van der Waals surface area contributed by atoms with Crippen LogP contribution in [0.5, 0.6) is 0 Å².